The molecule has 1 aromatic carbocycles. The molecule has 0 spiro atoms. The molecule has 0 aliphatic rings. The first-order chi connectivity index (χ1) is 9.67. The molecule has 3 aromatic rings. The van der Waals surface area contributed by atoms with Crippen LogP contribution in [0.4, 0.5) is 5.69 Å². The molecule has 3 rings (SSSR count). The third-order valence-electron chi connectivity index (χ3n) is 3.21. The highest BCUT2D eigenvalue weighted by Gasteiger charge is 2.07. The van der Waals surface area contributed by atoms with Crippen LogP contribution in [0.25, 0.3) is 10.9 Å². The van der Waals surface area contributed by atoms with Gasteiger partial charge in [0.2, 0.25) is 0 Å². The summed E-state index contributed by atoms with van der Waals surface area (Å²) in [5.41, 5.74) is 8.97. The van der Waals surface area contributed by atoms with Crippen LogP contribution >= 0.6 is 27.7 Å². The molecule has 2 aromatic heterocycles. The van der Waals surface area contributed by atoms with Gasteiger partial charge in [0.15, 0.2) is 0 Å². The van der Waals surface area contributed by atoms with Gasteiger partial charge in [-0.05, 0) is 52.5 Å². The lowest BCUT2D eigenvalue weighted by Gasteiger charge is -2.07. The first kappa shape index (κ1) is 13.5. The Balaban J connectivity index is 2.04. The van der Waals surface area contributed by atoms with Crippen LogP contribution in [-0.4, -0.2) is 15.8 Å². The summed E-state index contributed by atoms with van der Waals surface area (Å²) >= 11 is 5.12. The van der Waals surface area contributed by atoms with E-state index in [1.54, 1.807) is 11.8 Å². The van der Waals surface area contributed by atoms with Gasteiger partial charge in [-0.15, -0.1) is 11.8 Å². The Morgan fingerprint density at radius 1 is 1.30 bits per heavy atom. The van der Waals surface area contributed by atoms with Gasteiger partial charge in [-0.1, -0.05) is 0 Å². The van der Waals surface area contributed by atoms with E-state index in [4.69, 9.17) is 5.73 Å². The number of benzene rings is 1. The van der Waals surface area contributed by atoms with E-state index < -0.39 is 0 Å². The van der Waals surface area contributed by atoms with Crippen LogP contribution in [0, 0.1) is 0 Å². The summed E-state index contributed by atoms with van der Waals surface area (Å²) in [4.78, 5) is 5.63. The van der Waals surface area contributed by atoms with Gasteiger partial charge in [0, 0.05) is 32.8 Å². The van der Waals surface area contributed by atoms with Crippen molar-refractivity contribution >= 4 is 44.3 Å². The Hall–Kier alpha value is -1.46. The molecule has 0 radical (unpaired) electrons. The first-order valence-corrected chi connectivity index (χ1v) is 8.22. The van der Waals surface area contributed by atoms with E-state index in [0.717, 1.165) is 27.9 Å². The summed E-state index contributed by atoms with van der Waals surface area (Å²) in [6.45, 7) is 0.744. The molecule has 0 saturated heterocycles. The number of rotatable bonds is 3. The molecule has 3 nitrogen and oxygen atoms in total. The molecule has 0 fully saturated rings. The number of nitrogens with zero attached hydrogens (tertiary/aromatic N) is 2. The minimum Gasteiger partial charge on any atom is -0.399 e. The quantitative estimate of drug-likeness (QED) is 0.571. The maximum Gasteiger partial charge on any atom is 0.0648 e. The van der Waals surface area contributed by atoms with Crippen molar-refractivity contribution in [2.45, 2.75) is 11.4 Å². The molecule has 0 aliphatic carbocycles. The number of aromatic nitrogens is 2. The normalized spacial score (nSPS) is 11.1. The van der Waals surface area contributed by atoms with Crippen LogP contribution in [0.3, 0.4) is 0 Å². The monoisotopic (exact) mass is 347 g/mol. The molecule has 0 amide bonds. The van der Waals surface area contributed by atoms with Gasteiger partial charge in [-0.25, -0.2) is 0 Å². The molecule has 0 unspecified atom stereocenters. The number of thioether (sulfide) groups is 1. The Bertz CT molecular complexity index is 750. The van der Waals surface area contributed by atoms with Crippen LogP contribution < -0.4 is 5.73 Å². The molecule has 0 saturated carbocycles. The van der Waals surface area contributed by atoms with Crippen LogP contribution in [-0.2, 0) is 6.54 Å². The van der Waals surface area contributed by atoms with Gasteiger partial charge in [0.05, 0.1) is 17.8 Å². The molecule has 0 aliphatic heterocycles. The standard InChI is InChI=1S/C15H14BrN3S/c1-20-15-7-11(17)6-14-13(15)4-5-19(14)9-12-3-2-10(16)8-18-12/h2-8H,9,17H2,1H3. The molecule has 0 atom stereocenters. The minimum atomic E-state index is 0.744. The SMILES string of the molecule is CSc1cc(N)cc2c1ccn2Cc1ccc(Br)cn1. The molecule has 20 heavy (non-hydrogen) atoms. The van der Waals surface area contributed by atoms with Crippen molar-refractivity contribution in [2.75, 3.05) is 12.0 Å². The molecule has 2 heterocycles. The van der Waals surface area contributed by atoms with Crippen molar-refractivity contribution in [2.24, 2.45) is 0 Å². The number of nitrogen functional groups attached to an aromatic ring is 1. The number of halogens is 1. The molecular formula is C15H14BrN3S. The van der Waals surface area contributed by atoms with Gasteiger partial charge in [0.1, 0.15) is 0 Å². The lowest BCUT2D eigenvalue weighted by molar-refractivity contribution is 0.807. The fourth-order valence-corrected chi connectivity index (χ4v) is 3.14. The molecule has 5 heteroatoms. The smallest absolute Gasteiger partial charge is 0.0648 e. The fraction of sp³-hybridized carbons (Fsp3) is 0.133. The number of pyridine rings is 1. The summed E-state index contributed by atoms with van der Waals surface area (Å²) in [6, 6.07) is 10.2. The second kappa shape index (κ2) is 5.50. The third-order valence-corrected chi connectivity index (χ3v) is 4.46. The maximum atomic E-state index is 5.99. The van der Waals surface area contributed by atoms with Crippen LogP contribution in [0.15, 0.2) is 52.1 Å². The highest BCUT2D eigenvalue weighted by atomic mass is 79.9. The van der Waals surface area contributed by atoms with Crippen molar-refractivity contribution in [1.82, 2.24) is 9.55 Å². The fourth-order valence-electron chi connectivity index (χ4n) is 2.26. The minimum absolute atomic E-state index is 0.744. The van der Waals surface area contributed by atoms with Gasteiger partial charge in [-0.3, -0.25) is 4.98 Å². The Morgan fingerprint density at radius 3 is 2.85 bits per heavy atom. The lowest BCUT2D eigenvalue weighted by Crippen LogP contribution is -2.00. The van der Waals surface area contributed by atoms with Gasteiger partial charge < -0.3 is 10.3 Å². The topological polar surface area (TPSA) is 43.8 Å². The summed E-state index contributed by atoms with van der Waals surface area (Å²) < 4.78 is 3.18. The molecule has 2 N–H and O–H groups in total. The summed E-state index contributed by atoms with van der Waals surface area (Å²) in [7, 11) is 0. The molecule has 0 bridgehead atoms. The van der Waals surface area contributed by atoms with Gasteiger partial charge in [0.25, 0.3) is 0 Å². The summed E-state index contributed by atoms with van der Waals surface area (Å²) in [6.07, 6.45) is 5.98. The lowest BCUT2D eigenvalue weighted by atomic mass is 10.2. The van der Waals surface area contributed by atoms with Crippen molar-refractivity contribution in [3.8, 4) is 0 Å². The van der Waals surface area contributed by atoms with Crippen LogP contribution in [0.1, 0.15) is 5.69 Å². The zero-order chi connectivity index (χ0) is 14.1. The third kappa shape index (κ3) is 2.55. The van der Waals surface area contributed by atoms with E-state index in [1.165, 1.54) is 10.3 Å². The highest BCUT2D eigenvalue weighted by molar-refractivity contribution is 9.10. The molecule has 102 valence electrons. The first-order valence-electron chi connectivity index (χ1n) is 6.20. The number of nitrogens with two attached hydrogens (primary N) is 1. The van der Waals surface area contributed by atoms with E-state index in [2.05, 4.69) is 44.0 Å². The largest absolute Gasteiger partial charge is 0.399 e. The van der Waals surface area contributed by atoms with Crippen molar-refractivity contribution in [3.05, 3.63) is 52.9 Å². The maximum absolute atomic E-state index is 5.99. The van der Waals surface area contributed by atoms with Crippen molar-refractivity contribution < 1.29 is 0 Å². The summed E-state index contributed by atoms with van der Waals surface area (Å²) in [5.74, 6) is 0. The highest BCUT2D eigenvalue weighted by Crippen LogP contribution is 2.30. The zero-order valence-electron chi connectivity index (χ0n) is 11.0. The number of hydrogen-bond acceptors (Lipinski definition) is 3. The predicted molar refractivity (Wildman–Crippen MR) is 89.2 cm³/mol. The van der Waals surface area contributed by atoms with Crippen LogP contribution in [0.5, 0.6) is 0 Å². The van der Waals surface area contributed by atoms with E-state index in [9.17, 15) is 0 Å². The Morgan fingerprint density at radius 2 is 2.15 bits per heavy atom. The van der Waals surface area contributed by atoms with Crippen LogP contribution in [0.2, 0.25) is 0 Å². The Kier molecular flexibility index (Phi) is 3.72. The van der Waals surface area contributed by atoms with Crippen molar-refractivity contribution in [1.29, 1.82) is 0 Å². The Labute approximate surface area is 130 Å². The van der Waals surface area contributed by atoms with Gasteiger partial charge >= 0.3 is 0 Å². The van der Waals surface area contributed by atoms with E-state index in [0.29, 0.717) is 0 Å². The number of fused-ring (bicyclic) bond motifs is 1. The van der Waals surface area contributed by atoms with Gasteiger partial charge in [-0.2, -0.15) is 0 Å². The predicted octanol–water partition coefficient (Wildman–Crippen LogP) is 4.15. The zero-order valence-corrected chi connectivity index (χ0v) is 13.4. The number of anilines is 1. The average Bonchev–Trinajstić information content (AvgIpc) is 2.83. The number of hydrogen-bond donors (Lipinski definition) is 1. The van der Waals surface area contributed by atoms with E-state index in [1.807, 2.05) is 30.5 Å². The van der Waals surface area contributed by atoms with Crippen molar-refractivity contribution in [3.63, 3.8) is 0 Å². The average molecular weight is 348 g/mol. The second-order valence-electron chi connectivity index (χ2n) is 4.57. The van der Waals surface area contributed by atoms with E-state index in [-0.39, 0.29) is 0 Å². The summed E-state index contributed by atoms with van der Waals surface area (Å²) in [5, 5.41) is 1.24. The van der Waals surface area contributed by atoms with E-state index >= 15 is 0 Å². The second-order valence-corrected chi connectivity index (χ2v) is 6.33. The molecular weight excluding hydrogens is 334 g/mol.